The fourth-order valence-corrected chi connectivity index (χ4v) is 0.366. The van der Waals surface area contributed by atoms with Crippen LogP contribution in [0.1, 0.15) is 6.92 Å². The van der Waals surface area contributed by atoms with E-state index in [9.17, 15) is 0 Å². The molecule has 0 aliphatic heterocycles. The second-order valence-electron chi connectivity index (χ2n) is 1.61. The van der Waals surface area contributed by atoms with Crippen LogP contribution in [-0.4, -0.2) is 11.8 Å². The third-order valence-electron chi connectivity index (χ3n) is 0.857. The summed E-state index contributed by atoms with van der Waals surface area (Å²) in [5.41, 5.74) is 0.201. The van der Waals surface area contributed by atoms with E-state index in [4.69, 9.17) is 10.4 Å². The van der Waals surface area contributed by atoms with Gasteiger partial charge < -0.3 is 5.11 Å². The highest BCUT2D eigenvalue weighted by Crippen LogP contribution is 2.00. The number of rotatable bonds is 2. The van der Waals surface area contributed by atoms with Crippen LogP contribution in [-0.2, 0) is 0 Å². The molecule has 1 N–H and O–H groups in total. The number of aliphatic imine (C=N–C) groups is 1. The van der Waals surface area contributed by atoms with E-state index in [2.05, 4.69) is 11.7 Å². The highest BCUT2D eigenvalue weighted by molar-refractivity contribution is 5.35. The van der Waals surface area contributed by atoms with Gasteiger partial charge >= 0.3 is 0 Å². The fourth-order valence-electron chi connectivity index (χ4n) is 0.366. The Morgan fingerprint density at radius 1 is 1.80 bits per heavy atom. The first-order valence-corrected chi connectivity index (χ1v) is 2.64. The lowest BCUT2D eigenvalue weighted by Gasteiger charge is -1.87. The SMILES string of the molecule is C=N/C=C\C(C#N)=C(/C)O. The van der Waals surface area contributed by atoms with Crippen molar-refractivity contribution in [3.63, 3.8) is 0 Å². The third-order valence-corrected chi connectivity index (χ3v) is 0.857. The largest absolute Gasteiger partial charge is 0.511 e. The summed E-state index contributed by atoms with van der Waals surface area (Å²) in [6.07, 6.45) is 2.74. The molecule has 0 bridgehead atoms. The zero-order chi connectivity index (χ0) is 7.98. The van der Waals surface area contributed by atoms with Crippen molar-refractivity contribution in [2.45, 2.75) is 6.92 Å². The Kier molecular flexibility index (Phi) is 3.66. The molecule has 0 spiro atoms. The molecule has 0 fully saturated rings. The summed E-state index contributed by atoms with van der Waals surface area (Å²) in [6, 6.07) is 1.79. The summed E-state index contributed by atoms with van der Waals surface area (Å²) in [7, 11) is 0. The number of nitrogens with zero attached hydrogens (tertiary/aromatic N) is 2. The molecular formula is C7H8N2O. The van der Waals surface area contributed by atoms with E-state index in [1.54, 1.807) is 6.07 Å². The van der Waals surface area contributed by atoms with Crippen LogP contribution in [0, 0.1) is 11.3 Å². The molecule has 0 aliphatic carbocycles. The number of nitriles is 1. The van der Waals surface area contributed by atoms with Gasteiger partial charge in [0.2, 0.25) is 0 Å². The molecule has 0 aromatic rings. The summed E-state index contributed by atoms with van der Waals surface area (Å²) in [5.74, 6) is -0.0117. The summed E-state index contributed by atoms with van der Waals surface area (Å²) < 4.78 is 0. The highest BCUT2D eigenvalue weighted by atomic mass is 16.3. The Morgan fingerprint density at radius 2 is 2.40 bits per heavy atom. The molecule has 0 amide bonds. The molecule has 0 saturated carbocycles. The smallest absolute Gasteiger partial charge is 0.107 e. The minimum absolute atomic E-state index is 0.0117. The predicted octanol–water partition coefficient (Wildman–Crippen LogP) is 1.56. The van der Waals surface area contributed by atoms with Crippen molar-refractivity contribution >= 4 is 6.72 Å². The van der Waals surface area contributed by atoms with Crippen molar-refractivity contribution < 1.29 is 5.11 Å². The summed E-state index contributed by atoms with van der Waals surface area (Å²) in [6.45, 7) is 4.61. The fraction of sp³-hybridized carbons (Fsp3) is 0.143. The monoisotopic (exact) mass is 136 g/mol. The van der Waals surface area contributed by atoms with E-state index in [-0.39, 0.29) is 11.3 Å². The number of hydrogen-bond donors (Lipinski definition) is 1. The lowest BCUT2D eigenvalue weighted by molar-refractivity contribution is 0.411. The molecule has 0 unspecified atom stereocenters. The van der Waals surface area contributed by atoms with Gasteiger partial charge in [0, 0.05) is 6.20 Å². The van der Waals surface area contributed by atoms with Crippen LogP contribution in [0.3, 0.4) is 0 Å². The van der Waals surface area contributed by atoms with Crippen molar-refractivity contribution in [1.29, 1.82) is 5.26 Å². The minimum Gasteiger partial charge on any atom is -0.511 e. The van der Waals surface area contributed by atoms with Crippen molar-refractivity contribution in [2.24, 2.45) is 4.99 Å². The maximum Gasteiger partial charge on any atom is 0.107 e. The van der Waals surface area contributed by atoms with Gasteiger partial charge in [-0.2, -0.15) is 5.26 Å². The lowest BCUT2D eigenvalue weighted by atomic mass is 10.2. The Morgan fingerprint density at radius 3 is 2.70 bits per heavy atom. The Hall–Kier alpha value is -1.56. The van der Waals surface area contributed by atoms with Gasteiger partial charge in [-0.05, 0) is 19.7 Å². The van der Waals surface area contributed by atoms with Crippen molar-refractivity contribution in [2.75, 3.05) is 0 Å². The molecule has 0 heterocycles. The van der Waals surface area contributed by atoms with E-state index in [1.165, 1.54) is 19.2 Å². The molecule has 3 heteroatoms. The number of allylic oxidation sites excluding steroid dienone is 3. The van der Waals surface area contributed by atoms with Crippen LogP contribution in [0.2, 0.25) is 0 Å². The van der Waals surface area contributed by atoms with Gasteiger partial charge in [0.15, 0.2) is 0 Å². The molecule has 52 valence electrons. The third kappa shape index (κ3) is 2.68. The second-order valence-corrected chi connectivity index (χ2v) is 1.61. The first-order chi connectivity index (χ1) is 4.72. The van der Waals surface area contributed by atoms with Gasteiger partial charge in [-0.1, -0.05) is 0 Å². The lowest BCUT2D eigenvalue weighted by Crippen LogP contribution is -1.78. The molecule has 0 atom stereocenters. The van der Waals surface area contributed by atoms with Crippen LogP contribution >= 0.6 is 0 Å². The molecule has 0 saturated heterocycles. The standard InChI is InChI=1S/C7H8N2O/c1-6(10)7(5-8)3-4-9-2/h3-4,10H,2H2,1H3/b4-3-,7-6-. The highest BCUT2D eigenvalue weighted by Gasteiger charge is 1.91. The van der Waals surface area contributed by atoms with Crippen LogP contribution < -0.4 is 0 Å². The average Bonchev–Trinajstić information content (AvgIpc) is 1.89. The predicted molar refractivity (Wildman–Crippen MR) is 39.6 cm³/mol. The zero-order valence-electron chi connectivity index (χ0n) is 5.70. The summed E-state index contributed by atoms with van der Waals surface area (Å²) in [4.78, 5) is 3.38. The van der Waals surface area contributed by atoms with Crippen molar-refractivity contribution in [3.05, 3.63) is 23.6 Å². The van der Waals surface area contributed by atoms with Gasteiger partial charge in [-0.25, -0.2) is 0 Å². The maximum atomic E-state index is 8.78. The molecule has 0 rings (SSSR count). The second kappa shape index (κ2) is 4.33. The maximum absolute atomic E-state index is 8.78. The molecule has 0 aliphatic rings. The van der Waals surface area contributed by atoms with E-state index >= 15 is 0 Å². The van der Waals surface area contributed by atoms with Gasteiger partial charge in [0.05, 0.1) is 5.57 Å². The number of aliphatic hydroxyl groups is 1. The topological polar surface area (TPSA) is 56.4 Å². The first kappa shape index (κ1) is 8.44. The Balaban J connectivity index is 4.43. The molecule has 10 heavy (non-hydrogen) atoms. The number of aliphatic hydroxyl groups excluding tert-OH is 1. The normalized spacial score (nSPS) is 12.4. The van der Waals surface area contributed by atoms with Crippen molar-refractivity contribution in [1.82, 2.24) is 0 Å². The van der Waals surface area contributed by atoms with Crippen LogP contribution in [0.25, 0.3) is 0 Å². The van der Waals surface area contributed by atoms with Gasteiger partial charge in [0.25, 0.3) is 0 Å². The van der Waals surface area contributed by atoms with Crippen molar-refractivity contribution in [3.8, 4) is 6.07 Å². The first-order valence-electron chi connectivity index (χ1n) is 2.64. The molecule has 0 aromatic carbocycles. The molecule has 0 aromatic heterocycles. The van der Waals surface area contributed by atoms with E-state index in [1.807, 2.05) is 0 Å². The van der Waals surface area contributed by atoms with Crippen LogP contribution in [0.15, 0.2) is 28.6 Å². The van der Waals surface area contributed by atoms with Gasteiger partial charge in [-0.3, -0.25) is 4.99 Å². The van der Waals surface area contributed by atoms with Crippen LogP contribution in [0.4, 0.5) is 0 Å². The zero-order valence-corrected chi connectivity index (χ0v) is 5.70. The van der Waals surface area contributed by atoms with Gasteiger partial charge in [-0.15, -0.1) is 0 Å². The summed E-state index contributed by atoms with van der Waals surface area (Å²) >= 11 is 0. The minimum atomic E-state index is -0.0117. The van der Waals surface area contributed by atoms with E-state index < -0.39 is 0 Å². The summed E-state index contributed by atoms with van der Waals surface area (Å²) in [5, 5.41) is 17.1. The Labute approximate surface area is 59.6 Å². The average molecular weight is 136 g/mol. The molecule has 3 nitrogen and oxygen atoms in total. The number of hydrogen-bond acceptors (Lipinski definition) is 3. The van der Waals surface area contributed by atoms with Gasteiger partial charge in [0.1, 0.15) is 11.8 Å². The van der Waals surface area contributed by atoms with Crippen LogP contribution in [0.5, 0.6) is 0 Å². The molecule has 0 radical (unpaired) electrons. The quantitative estimate of drug-likeness (QED) is 0.271. The van der Waals surface area contributed by atoms with E-state index in [0.29, 0.717) is 0 Å². The molecular weight excluding hydrogens is 128 g/mol. The van der Waals surface area contributed by atoms with E-state index in [0.717, 1.165) is 0 Å². The Bertz CT molecular complexity index is 216.